The highest BCUT2D eigenvalue weighted by atomic mass is 16.5. The number of hydrogen-bond acceptors (Lipinski definition) is 5. The SMILES string of the molecule is COc1ccc(/C(C)=N/NC(=O)CCC(=O)Nc2ccc(C)c(C)c2)c(OC)c1. The van der Waals surface area contributed by atoms with Gasteiger partial charge in [0.25, 0.3) is 0 Å². The Bertz CT molecular complexity index is 922. The molecule has 2 rings (SSSR count). The molecule has 0 heterocycles. The van der Waals surface area contributed by atoms with Crippen molar-refractivity contribution in [3.8, 4) is 11.5 Å². The van der Waals surface area contributed by atoms with Crippen LogP contribution >= 0.6 is 0 Å². The molecule has 0 spiro atoms. The summed E-state index contributed by atoms with van der Waals surface area (Å²) in [5.74, 6) is 0.692. The first kappa shape index (κ1) is 21.9. The third kappa shape index (κ3) is 6.34. The Morgan fingerprint density at radius 3 is 2.31 bits per heavy atom. The second-order valence-corrected chi connectivity index (χ2v) is 6.65. The molecule has 2 N–H and O–H groups in total. The van der Waals surface area contributed by atoms with E-state index in [0.717, 1.165) is 22.4 Å². The minimum Gasteiger partial charge on any atom is -0.497 e. The van der Waals surface area contributed by atoms with Crippen LogP contribution in [0.5, 0.6) is 11.5 Å². The average Bonchev–Trinajstić information content (AvgIpc) is 2.72. The van der Waals surface area contributed by atoms with Gasteiger partial charge < -0.3 is 14.8 Å². The molecule has 0 aromatic heterocycles. The van der Waals surface area contributed by atoms with Gasteiger partial charge in [-0.3, -0.25) is 9.59 Å². The molecule has 2 amide bonds. The molecule has 7 heteroatoms. The van der Waals surface area contributed by atoms with E-state index >= 15 is 0 Å². The maximum Gasteiger partial charge on any atom is 0.240 e. The summed E-state index contributed by atoms with van der Waals surface area (Å²) in [6.07, 6.45) is 0.104. The molecule has 2 aromatic rings. The van der Waals surface area contributed by atoms with Crippen molar-refractivity contribution in [1.29, 1.82) is 0 Å². The van der Waals surface area contributed by atoms with Gasteiger partial charge in [0, 0.05) is 30.2 Å². The van der Waals surface area contributed by atoms with E-state index in [1.807, 2.05) is 32.0 Å². The molecule has 0 saturated carbocycles. The van der Waals surface area contributed by atoms with Crippen LogP contribution in [0.25, 0.3) is 0 Å². The van der Waals surface area contributed by atoms with Gasteiger partial charge in [0.05, 0.1) is 19.9 Å². The predicted octanol–water partition coefficient (Wildman–Crippen LogP) is 3.58. The van der Waals surface area contributed by atoms with Gasteiger partial charge in [-0.2, -0.15) is 5.10 Å². The standard InChI is InChI=1S/C22H27N3O4/c1-14-6-7-17(12-15(14)2)23-21(26)10-11-22(27)25-24-16(3)19-9-8-18(28-4)13-20(19)29-5/h6-9,12-13H,10-11H2,1-5H3,(H,23,26)(H,25,27)/b24-16+. The van der Waals surface area contributed by atoms with Gasteiger partial charge in [-0.1, -0.05) is 6.07 Å². The zero-order valence-electron chi connectivity index (χ0n) is 17.5. The summed E-state index contributed by atoms with van der Waals surface area (Å²) >= 11 is 0. The summed E-state index contributed by atoms with van der Waals surface area (Å²) in [5.41, 5.74) is 6.77. The molecule has 0 aliphatic rings. The second-order valence-electron chi connectivity index (χ2n) is 6.65. The number of anilines is 1. The van der Waals surface area contributed by atoms with Crippen LogP contribution in [0.1, 0.15) is 36.5 Å². The first-order valence-corrected chi connectivity index (χ1v) is 9.26. The number of hydrazone groups is 1. The normalized spacial score (nSPS) is 11.0. The first-order chi connectivity index (χ1) is 13.8. The summed E-state index contributed by atoms with van der Waals surface area (Å²) in [7, 11) is 3.13. The number of nitrogens with one attached hydrogen (secondary N) is 2. The summed E-state index contributed by atoms with van der Waals surface area (Å²) in [4.78, 5) is 24.1. The summed E-state index contributed by atoms with van der Waals surface area (Å²) in [5, 5.41) is 6.91. The van der Waals surface area contributed by atoms with Crippen molar-refractivity contribution in [2.45, 2.75) is 33.6 Å². The van der Waals surface area contributed by atoms with Gasteiger partial charge in [-0.05, 0) is 56.2 Å². The molecule has 29 heavy (non-hydrogen) atoms. The Morgan fingerprint density at radius 2 is 1.66 bits per heavy atom. The lowest BCUT2D eigenvalue weighted by Crippen LogP contribution is -2.22. The highest BCUT2D eigenvalue weighted by molar-refractivity contribution is 6.02. The van der Waals surface area contributed by atoms with Crippen LogP contribution in [0.4, 0.5) is 5.69 Å². The van der Waals surface area contributed by atoms with E-state index in [0.29, 0.717) is 17.2 Å². The minimum absolute atomic E-state index is 0.0349. The Balaban J connectivity index is 1.88. The van der Waals surface area contributed by atoms with Crippen molar-refractivity contribution < 1.29 is 19.1 Å². The number of amides is 2. The molecule has 154 valence electrons. The smallest absolute Gasteiger partial charge is 0.240 e. The van der Waals surface area contributed by atoms with Crippen molar-refractivity contribution >= 4 is 23.2 Å². The third-order valence-corrected chi connectivity index (χ3v) is 4.52. The molecule has 0 bridgehead atoms. The van der Waals surface area contributed by atoms with Gasteiger partial charge in [-0.25, -0.2) is 5.43 Å². The monoisotopic (exact) mass is 397 g/mol. The van der Waals surface area contributed by atoms with E-state index < -0.39 is 0 Å². The van der Waals surface area contributed by atoms with Crippen molar-refractivity contribution in [3.05, 3.63) is 53.1 Å². The number of rotatable bonds is 8. The number of methoxy groups -OCH3 is 2. The maximum absolute atomic E-state index is 12.1. The lowest BCUT2D eigenvalue weighted by atomic mass is 10.1. The Kier molecular flexibility index (Phi) is 7.77. The van der Waals surface area contributed by atoms with Crippen LogP contribution < -0.4 is 20.2 Å². The van der Waals surface area contributed by atoms with E-state index in [1.165, 1.54) is 0 Å². The Labute approximate surface area is 171 Å². The number of carbonyl (C=O) groups is 2. The second kappa shape index (κ2) is 10.3. The fourth-order valence-electron chi connectivity index (χ4n) is 2.63. The number of ether oxygens (including phenoxy) is 2. The number of aryl methyl sites for hydroxylation is 2. The van der Waals surface area contributed by atoms with Gasteiger partial charge in [0.15, 0.2) is 0 Å². The van der Waals surface area contributed by atoms with Gasteiger partial charge in [0.2, 0.25) is 11.8 Å². The summed E-state index contributed by atoms with van der Waals surface area (Å²) in [6, 6.07) is 11.0. The first-order valence-electron chi connectivity index (χ1n) is 9.26. The molecule has 0 aliphatic heterocycles. The van der Waals surface area contributed by atoms with E-state index in [4.69, 9.17) is 9.47 Å². The molecular weight excluding hydrogens is 370 g/mol. The molecule has 2 aromatic carbocycles. The lowest BCUT2D eigenvalue weighted by molar-refractivity contribution is -0.124. The topological polar surface area (TPSA) is 89.0 Å². The molecule has 0 radical (unpaired) electrons. The quantitative estimate of drug-likeness (QED) is 0.526. The fourth-order valence-corrected chi connectivity index (χ4v) is 2.63. The molecule has 7 nitrogen and oxygen atoms in total. The van der Waals surface area contributed by atoms with Crippen LogP contribution in [-0.2, 0) is 9.59 Å². The third-order valence-electron chi connectivity index (χ3n) is 4.52. The predicted molar refractivity (Wildman–Crippen MR) is 114 cm³/mol. The Morgan fingerprint density at radius 1 is 0.931 bits per heavy atom. The van der Waals surface area contributed by atoms with E-state index in [1.54, 1.807) is 39.3 Å². The molecule has 0 atom stereocenters. The van der Waals surface area contributed by atoms with Crippen LogP contribution in [0.2, 0.25) is 0 Å². The highest BCUT2D eigenvalue weighted by Gasteiger charge is 2.10. The molecule has 0 fully saturated rings. The van der Waals surface area contributed by atoms with Crippen molar-refractivity contribution in [1.82, 2.24) is 5.43 Å². The number of benzene rings is 2. The maximum atomic E-state index is 12.1. The highest BCUT2D eigenvalue weighted by Crippen LogP contribution is 2.25. The molecule has 0 saturated heterocycles. The molecule has 0 aliphatic carbocycles. The van der Waals surface area contributed by atoms with Crippen LogP contribution in [-0.4, -0.2) is 31.7 Å². The zero-order chi connectivity index (χ0) is 21.4. The Hall–Kier alpha value is -3.35. The zero-order valence-corrected chi connectivity index (χ0v) is 17.5. The van der Waals surface area contributed by atoms with Gasteiger partial charge >= 0.3 is 0 Å². The fraction of sp³-hybridized carbons (Fsp3) is 0.318. The van der Waals surface area contributed by atoms with Gasteiger partial charge in [0.1, 0.15) is 11.5 Å². The summed E-state index contributed by atoms with van der Waals surface area (Å²) in [6.45, 7) is 5.75. The van der Waals surface area contributed by atoms with Crippen LogP contribution in [0, 0.1) is 13.8 Å². The van der Waals surface area contributed by atoms with Crippen LogP contribution in [0.3, 0.4) is 0 Å². The molecule has 0 unspecified atom stereocenters. The largest absolute Gasteiger partial charge is 0.497 e. The van der Waals surface area contributed by atoms with E-state index in [-0.39, 0.29) is 24.7 Å². The van der Waals surface area contributed by atoms with Gasteiger partial charge in [-0.15, -0.1) is 0 Å². The number of nitrogens with zero attached hydrogens (tertiary/aromatic N) is 1. The lowest BCUT2D eigenvalue weighted by Gasteiger charge is -2.10. The van der Waals surface area contributed by atoms with Crippen LogP contribution in [0.15, 0.2) is 41.5 Å². The molecular formula is C22H27N3O4. The van der Waals surface area contributed by atoms with Crippen molar-refractivity contribution in [2.24, 2.45) is 5.10 Å². The van der Waals surface area contributed by atoms with Crippen molar-refractivity contribution in [3.63, 3.8) is 0 Å². The minimum atomic E-state index is -0.341. The number of carbonyl (C=O) groups excluding carboxylic acids is 2. The summed E-state index contributed by atoms with van der Waals surface area (Å²) < 4.78 is 10.5. The average molecular weight is 397 g/mol. The number of hydrogen-bond donors (Lipinski definition) is 2. The van der Waals surface area contributed by atoms with E-state index in [9.17, 15) is 9.59 Å². The van der Waals surface area contributed by atoms with Crippen molar-refractivity contribution in [2.75, 3.05) is 19.5 Å². The van der Waals surface area contributed by atoms with E-state index in [2.05, 4.69) is 15.8 Å².